The molecule has 3 nitrogen and oxygen atoms in total. The first-order valence-electron chi connectivity index (χ1n) is 23.2. The average molecular weight is 856 g/mol. The maximum Gasteiger partial charge on any atom is 0.0742 e. The lowest BCUT2D eigenvalue weighted by molar-refractivity contribution is 0.731. The number of para-hydroxylation sites is 3. The zero-order valence-electron chi connectivity index (χ0n) is 39.4. The Balaban J connectivity index is 1.21. The maximum atomic E-state index is 2.44. The zero-order chi connectivity index (χ0) is 45.7. The monoisotopic (exact) mass is 855 g/mol. The van der Waals surface area contributed by atoms with Crippen LogP contribution in [0.25, 0.3) is 0 Å². The van der Waals surface area contributed by atoms with Crippen molar-refractivity contribution in [3.05, 3.63) is 267 Å². The highest BCUT2D eigenvalue weighted by atomic mass is 15.2. The van der Waals surface area contributed by atoms with Crippen LogP contribution < -0.4 is 14.7 Å². The van der Waals surface area contributed by atoms with Crippen molar-refractivity contribution in [3.8, 4) is 0 Å². The van der Waals surface area contributed by atoms with Gasteiger partial charge in [0.1, 0.15) is 0 Å². The third-order valence-corrected chi connectivity index (χ3v) is 13.6. The highest BCUT2D eigenvalue weighted by molar-refractivity contribution is 5.90. The first kappa shape index (κ1) is 42.3. The van der Waals surface area contributed by atoms with Gasteiger partial charge in [-0.05, 0) is 173 Å². The van der Waals surface area contributed by atoms with E-state index < -0.39 is 5.41 Å². The van der Waals surface area contributed by atoms with Gasteiger partial charge in [-0.3, -0.25) is 0 Å². The topological polar surface area (TPSA) is 9.72 Å². The summed E-state index contributed by atoms with van der Waals surface area (Å²) < 4.78 is 0. The fraction of sp³-hybridized carbons (Fsp3) is 0.143. The van der Waals surface area contributed by atoms with E-state index in [2.05, 4.69) is 270 Å². The summed E-state index contributed by atoms with van der Waals surface area (Å²) in [4.78, 5) is 7.31. The van der Waals surface area contributed by atoms with Crippen LogP contribution in [0.3, 0.4) is 0 Å². The molecule has 0 atom stereocenters. The van der Waals surface area contributed by atoms with Gasteiger partial charge in [-0.2, -0.15) is 0 Å². The molecule has 1 aliphatic heterocycles. The first-order valence-corrected chi connectivity index (χ1v) is 23.2. The van der Waals surface area contributed by atoms with Crippen molar-refractivity contribution in [1.82, 2.24) is 0 Å². The van der Waals surface area contributed by atoms with Crippen LogP contribution in [-0.4, -0.2) is 0 Å². The van der Waals surface area contributed by atoms with Crippen molar-refractivity contribution >= 4 is 51.2 Å². The SMILES string of the molecule is Cc1ccc(N(c2ccc(C3(c4ccc(N(c5ccc(C)cc5C)c5ccc(C)cc5C)cc4)c4ccccc4N(c4ccccc4)c4ccccc43)cc2)c2ccc(C)cc2C)c(C)c1. The average Bonchev–Trinajstić information content (AvgIpc) is 3.32. The minimum atomic E-state index is -0.676. The molecule has 0 bridgehead atoms. The quantitative estimate of drug-likeness (QED) is 0.143. The van der Waals surface area contributed by atoms with E-state index in [1.165, 1.54) is 89.5 Å². The highest BCUT2D eigenvalue weighted by Crippen LogP contribution is 2.58. The number of anilines is 9. The van der Waals surface area contributed by atoms with E-state index in [0.717, 1.165) is 28.4 Å². The number of nitrogens with zero attached hydrogens (tertiary/aromatic N) is 3. The summed E-state index contributed by atoms with van der Waals surface area (Å²) in [5, 5.41) is 0. The van der Waals surface area contributed by atoms with Gasteiger partial charge in [0.2, 0.25) is 0 Å². The summed E-state index contributed by atoms with van der Waals surface area (Å²) >= 11 is 0. The van der Waals surface area contributed by atoms with Gasteiger partial charge >= 0.3 is 0 Å². The van der Waals surface area contributed by atoms with Gasteiger partial charge in [0.25, 0.3) is 0 Å². The molecule has 0 N–H and O–H groups in total. The molecule has 1 heterocycles. The molecule has 3 heteroatoms. The molecular weight excluding hydrogens is 799 g/mol. The Kier molecular flexibility index (Phi) is 10.9. The van der Waals surface area contributed by atoms with Crippen molar-refractivity contribution in [1.29, 1.82) is 0 Å². The molecule has 0 saturated carbocycles. The second kappa shape index (κ2) is 17.1. The second-order valence-electron chi connectivity index (χ2n) is 18.4. The van der Waals surface area contributed by atoms with Crippen LogP contribution in [0.15, 0.2) is 200 Å². The molecule has 9 aromatic rings. The zero-order valence-corrected chi connectivity index (χ0v) is 39.4. The van der Waals surface area contributed by atoms with Gasteiger partial charge in [-0.1, -0.05) is 150 Å². The van der Waals surface area contributed by atoms with E-state index in [-0.39, 0.29) is 0 Å². The van der Waals surface area contributed by atoms with Gasteiger partial charge in [0.15, 0.2) is 0 Å². The summed E-state index contributed by atoms with van der Waals surface area (Å²) in [5.74, 6) is 0. The van der Waals surface area contributed by atoms with Gasteiger partial charge in [-0.15, -0.1) is 0 Å². The molecule has 66 heavy (non-hydrogen) atoms. The summed E-state index contributed by atoms with van der Waals surface area (Å²) in [5.41, 5.74) is 24.6. The van der Waals surface area contributed by atoms with Crippen LogP contribution in [0.5, 0.6) is 0 Å². The van der Waals surface area contributed by atoms with Gasteiger partial charge in [-0.25, -0.2) is 0 Å². The lowest BCUT2D eigenvalue weighted by Gasteiger charge is -2.46. The Morgan fingerprint density at radius 2 is 0.636 bits per heavy atom. The normalized spacial score (nSPS) is 12.6. The number of hydrogen-bond donors (Lipinski definition) is 0. The molecule has 0 spiro atoms. The number of rotatable bonds is 9. The molecule has 0 saturated heterocycles. The van der Waals surface area contributed by atoms with Crippen LogP contribution in [-0.2, 0) is 5.41 Å². The largest absolute Gasteiger partial charge is 0.310 e. The molecule has 324 valence electrons. The fourth-order valence-electron chi connectivity index (χ4n) is 10.7. The second-order valence-corrected chi connectivity index (χ2v) is 18.4. The minimum Gasteiger partial charge on any atom is -0.310 e. The lowest BCUT2D eigenvalue weighted by atomic mass is 9.62. The van der Waals surface area contributed by atoms with E-state index >= 15 is 0 Å². The van der Waals surface area contributed by atoms with Crippen molar-refractivity contribution in [2.75, 3.05) is 14.7 Å². The van der Waals surface area contributed by atoms with E-state index in [1.54, 1.807) is 0 Å². The first-order chi connectivity index (χ1) is 32.0. The Bertz CT molecular complexity index is 2930. The summed E-state index contributed by atoms with van der Waals surface area (Å²) in [6, 6.07) is 74.8. The molecule has 0 fully saturated rings. The van der Waals surface area contributed by atoms with Gasteiger partial charge < -0.3 is 14.7 Å². The third kappa shape index (κ3) is 7.26. The molecule has 0 unspecified atom stereocenters. The molecule has 0 aromatic heterocycles. The van der Waals surface area contributed by atoms with Crippen molar-refractivity contribution in [2.24, 2.45) is 0 Å². The molecule has 9 aromatic carbocycles. The molecule has 0 radical (unpaired) electrons. The lowest BCUT2D eigenvalue weighted by Crippen LogP contribution is -2.37. The Morgan fingerprint density at radius 3 is 0.970 bits per heavy atom. The van der Waals surface area contributed by atoms with Gasteiger partial charge in [0, 0.05) is 39.8 Å². The number of benzene rings is 9. The smallest absolute Gasteiger partial charge is 0.0742 e. The molecule has 0 amide bonds. The highest BCUT2D eigenvalue weighted by Gasteiger charge is 2.46. The van der Waals surface area contributed by atoms with Crippen molar-refractivity contribution < 1.29 is 0 Å². The van der Waals surface area contributed by atoms with E-state index in [9.17, 15) is 0 Å². The fourth-order valence-corrected chi connectivity index (χ4v) is 10.7. The van der Waals surface area contributed by atoms with E-state index in [4.69, 9.17) is 0 Å². The number of fused-ring (bicyclic) bond motifs is 2. The van der Waals surface area contributed by atoms with Crippen LogP contribution in [0.1, 0.15) is 66.8 Å². The van der Waals surface area contributed by atoms with E-state index in [0.29, 0.717) is 0 Å². The molecular formula is C63H57N3. The maximum absolute atomic E-state index is 2.44. The summed E-state index contributed by atoms with van der Waals surface area (Å²) in [6.45, 7) is 17.6. The molecule has 1 aliphatic rings. The predicted octanol–water partition coefficient (Wildman–Crippen LogP) is 17.3. The Hall–Kier alpha value is -7.62. The summed E-state index contributed by atoms with van der Waals surface area (Å²) in [7, 11) is 0. The third-order valence-electron chi connectivity index (χ3n) is 13.6. The van der Waals surface area contributed by atoms with Crippen LogP contribution in [0.2, 0.25) is 0 Å². The van der Waals surface area contributed by atoms with Crippen LogP contribution >= 0.6 is 0 Å². The van der Waals surface area contributed by atoms with Crippen molar-refractivity contribution in [3.63, 3.8) is 0 Å². The molecule has 0 aliphatic carbocycles. The standard InChI is InChI=1S/C63H57N3/c1-42-22-34-57(46(5)38-42)64(58-35-23-43(2)39-47(58)6)53-30-26-50(27-31-53)63(55-18-12-14-20-61(55)66(52-16-10-9-11-17-52)62-21-15-13-19-56(62)63)51-28-32-54(33-29-51)65(59-36-24-44(3)40-48(59)7)60-37-25-45(4)41-49(60)8/h9-41H,1-8H3. The van der Waals surface area contributed by atoms with E-state index in [1.807, 2.05) is 0 Å². The van der Waals surface area contributed by atoms with Gasteiger partial charge in [0.05, 0.1) is 16.8 Å². The Morgan fingerprint density at radius 1 is 0.318 bits per heavy atom. The number of hydrogen-bond acceptors (Lipinski definition) is 3. The van der Waals surface area contributed by atoms with Crippen LogP contribution in [0, 0.1) is 55.4 Å². The Labute approximate surface area is 391 Å². The van der Waals surface area contributed by atoms with Crippen LogP contribution in [0.4, 0.5) is 51.2 Å². The minimum absolute atomic E-state index is 0.676. The summed E-state index contributed by atoms with van der Waals surface area (Å²) in [6.07, 6.45) is 0. The number of aryl methyl sites for hydroxylation is 8. The predicted molar refractivity (Wildman–Crippen MR) is 280 cm³/mol. The molecule has 10 rings (SSSR count). The van der Waals surface area contributed by atoms with Crippen molar-refractivity contribution in [2.45, 2.75) is 60.8 Å².